The normalized spacial score (nSPS) is 12.7. The second-order valence-electron chi connectivity index (χ2n) is 8.14. The van der Waals surface area contributed by atoms with Crippen LogP contribution in [-0.4, -0.2) is 38.8 Å². The van der Waals surface area contributed by atoms with Crippen molar-refractivity contribution in [2.75, 3.05) is 0 Å². The number of rotatable bonds is 7. The van der Waals surface area contributed by atoms with E-state index in [1.54, 1.807) is 20.8 Å². The predicted molar refractivity (Wildman–Crippen MR) is 115 cm³/mol. The summed E-state index contributed by atoms with van der Waals surface area (Å²) in [7, 11) is 0. The number of aliphatic carboxylic acids is 1. The fourth-order valence-electron chi connectivity index (χ4n) is 3.27. The van der Waals surface area contributed by atoms with E-state index in [1.165, 1.54) is 5.01 Å². The lowest BCUT2D eigenvalue weighted by Gasteiger charge is -2.30. The third kappa shape index (κ3) is 5.61. The fraction of sp³-hybridized carbons (Fsp3) is 0.304. The molecule has 0 aliphatic carbocycles. The van der Waals surface area contributed by atoms with E-state index in [2.05, 4.69) is 10.4 Å². The van der Waals surface area contributed by atoms with Crippen molar-refractivity contribution in [3.63, 3.8) is 0 Å². The second kappa shape index (κ2) is 9.00. The van der Waals surface area contributed by atoms with Gasteiger partial charge in [-0.3, -0.25) is 10.2 Å². The lowest BCUT2D eigenvalue weighted by Crippen LogP contribution is -2.53. The molecule has 0 saturated carbocycles. The molecule has 0 radical (unpaired) electrons. The van der Waals surface area contributed by atoms with Gasteiger partial charge >= 0.3 is 12.1 Å². The molecule has 0 saturated heterocycles. The molecule has 0 fully saturated rings. The molecule has 30 heavy (non-hydrogen) atoms. The number of ether oxygens (including phenoxy) is 1. The monoisotopic (exact) mass is 409 g/mol. The van der Waals surface area contributed by atoms with Crippen LogP contribution in [-0.2, 0) is 22.5 Å². The molecule has 1 heterocycles. The second-order valence-corrected chi connectivity index (χ2v) is 8.14. The highest BCUT2D eigenvalue weighted by Crippen LogP contribution is 2.21. The van der Waals surface area contributed by atoms with Crippen molar-refractivity contribution < 1.29 is 19.4 Å². The number of carboxylic acids is 1. The summed E-state index contributed by atoms with van der Waals surface area (Å²) in [6.07, 6.45) is 1.33. The molecule has 0 aliphatic heterocycles. The number of H-pyrrole nitrogens is 1. The summed E-state index contributed by atoms with van der Waals surface area (Å²) < 4.78 is 5.35. The number of carbonyl (C=O) groups is 2. The Balaban J connectivity index is 1.88. The van der Waals surface area contributed by atoms with Crippen LogP contribution in [0.4, 0.5) is 4.79 Å². The van der Waals surface area contributed by atoms with Crippen molar-refractivity contribution in [3.05, 3.63) is 71.9 Å². The highest BCUT2D eigenvalue weighted by molar-refractivity contribution is 5.84. The number of nitrogens with one attached hydrogen (secondary N) is 2. The van der Waals surface area contributed by atoms with Gasteiger partial charge in [-0.15, -0.1) is 0 Å². The topological polar surface area (TPSA) is 94.7 Å². The highest BCUT2D eigenvalue weighted by atomic mass is 16.6. The minimum atomic E-state index is -1.03. The number of aromatic amines is 1. The number of hydrogen-bond donors (Lipinski definition) is 3. The first kappa shape index (κ1) is 21.4. The van der Waals surface area contributed by atoms with Gasteiger partial charge in [0.1, 0.15) is 11.6 Å². The van der Waals surface area contributed by atoms with E-state index in [4.69, 9.17) is 4.74 Å². The first-order chi connectivity index (χ1) is 14.2. The average molecular weight is 409 g/mol. The Morgan fingerprint density at radius 1 is 1.10 bits per heavy atom. The van der Waals surface area contributed by atoms with Crippen LogP contribution in [0.1, 0.15) is 31.9 Å². The summed E-state index contributed by atoms with van der Waals surface area (Å²) in [6, 6.07) is 16.1. The van der Waals surface area contributed by atoms with Crippen molar-refractivity contribution >= 4 is 23.0 Å². The molecule has 1 aromatic heterocycles. The molecule has 0 aliphatic rings. The number of carboxylic acid groups (broad SMARTS) is 1. The van der Waals surface area contributed by atoms with E-state index in [1.807, 2.05) is 60.8 Å². The summed E-state index contributed by atoms with van der Waals surface area (Å²) in [6.45, 7) is 5.50. The van der Waals surface area contributed by atoms with E-state index in [9.17, 15) is 14.7 Å². The maximum Gasteiger partial charge on any atom is 0.422 e. The number of benzene rings is 2. The first-order valence-electron chi connectivity index (χ1n) is 9.81. The van der Waals surface area contributed by atoms with Gasteiger partial charge in [0, 0.05) is 30.1 Å². The molecule has 0 unspecified atom stereocenters. The van der Waals surface area contributed by atoms with Crippen molar-refractivity contribution in [2.45, 2.75) is 45.4 Å². The van der Waals surface area contributed by atoms with Crippen molar-refractivity contribution in [1.29, 1.82) is 0 Å². The lowest BCUT2D eigenvalue weighted by molar-refractivity contribution is -0.144. The van der Waals surface area contributed by atoms with Gasteiger partial charge in [0.2, 0.25) is 0 Å². The van der Waals surface area contributed by atoms with Crippen LogP contribution in [0.15, 0.2) is 60.8 Å². The zero-order chi connectivity index (χ0) is 21.7. The van der Waals surface area contributed by atoms with Gasteiger partial charge in [-0.2, -0.15) is 5.01 Å². The number of nitrogens with zero attached hydrogens (tertiary/aromatic N) is 1. The van der Waals surface area contributed by atoms with Gasteiger partial charge in [-0.05, 0) is 38.0 Å². The summed E-state index contributed by atoms with van der Waals surface area (Å²) in [5.41, 5.74) is 4.62. The molecule has 3 rings (SSSR count). The molecule has 1 amide bonds. The van der Waals surface area contributed by atoms with Gasteiger partial charge in [-0.1, -0.05) is 48.5 Å². The Hall–Kier alpha value is -3.32. The van der Waals surface area contributed by atoms with Gasteiger partial charge in [0.25, 0.3) is 0 Å². The van der Waals surface area contributed by atoms with Crippen LogP contribution in [0.5, 0.6) is 0 Å². The molecule has 7 nitrogen and oxygen atoms in total. The summed E-state index contributed by atoms with van der Waals surface area (Å²) in [5.74, 6) is -1.03. The summed E-state index contributed by atoms with van der Waals surface area (Å²) in [4.78, 5) is 27.8. The van der Waals surface area contributed by atoms with E-state index in [0.29, 0.717) is 0 Å². The Morgan fingerprint density at radius 3 is 2.43 bits per heavy atom. The number of hydrazine groups is 1. The minimum Gasteiger partial charge on any atom is -0.480 e. The van der Waals surface area contributed by atoms with Crippen LogP contribution < -0.4 is 5.43 Å². The molecular formula is C23H27N3O4. The van der Waals surface area contributed by atoms with Gasteiger partial charge in [-0.25, -0.2) is 4.79 Å². The molecule has 0 bridgehead atoms. The summed E-state index contributed by atoms with van der Waals surface area (Å²) >= 11 is 0. The Labute approximate surface area is 175 Å². The quantitative estimate of drug-likeness (QED) is 0.511. The van der Waals surface area contributed by atoms with Crippen molar-refractivity contribution in [2.24, 2.45) is 0 Å². The molecule has 2 aromatic carbocycles. The number of hydrogen-bond acceptors (Lipinski definition) is 4. The minimum absolute atomic E-state index is 0.210. The van der Waals surface area contributed by atoms with Gasteiger partial charge in [0.05, 0.1) is 0 Å². The molecule has 3 aromatic rings. The SMILES string of the molecule is CC(C)(C)OC(=O)NN(Cc1ccccc1)[C@H](Cc1c[nH]c2ccccc12)C(=O)O. The molecular weight excluding hydrogens is 382 g/mol. The fourth-order valence-corrected chi connectivity index (χ4v) is 3.27. The van der Waals surface area contributed by atoms with E-state index in [-0.39, 0.29) is 13.0 Å². The number of fused-ring (bicyclic) bond motifs is 1. The predicted octanol–water partition coefficient (Wildman–Crippen LogP) is 4.11. The van der Waals surface area contributed by atoms with Crippen LogP contribution >= 0.6 is 0 Å². The van der Waals surface area contributed by atoms with E-state index < -0.39 is 23.7 Å². The maximum atomic E-state index is 12.4. The van der Waals surface area contributed by atoms with E-state index >= 15 is 0 Å². The Kier molecular flexibility index (Phi) is 6.42. The largest absolute Gasteiger partial charge is 0.480 e. The zero-order valence-corrected chi connectivity index (χ0v) is 17.4. The van der Waals surface area contributed by atoms with Crippen LogP contribution in [0.3, 0.4) is 0 Å². The number of aromatic nitrogens is 1. The van der Waals surface area contributed by atoms with Crippen LogP contribution in [0, 0.1) is 0 Å². The Bertz CT molecular complexity index is 1010. The first-order valence-corrected chi connectivity index (χ1v) is 9.81. The molecule has 158 valence electrons. The highest BCUT2D eigenvalue weighted by Gasteiger charge is 2.30. The standard InChI is InChI=1S/C23H27N3O4/c1-23(2,3)30-22(29)25-26(15-16-9-5-4-6-10-16)20(21(27)28)13-17-14-24-19-12-8-7-11-18(17)19/h4-12,14,20,24H,13,15H2,1-3H3,(H,25,29)(H,27,28)/t20-/m1/s1. The maximum absolute atomic E-state index is 12.4. The van der Waals surface area contributed by atoms with Crippen molar-refractivity contribution in [3.8, 4) is 0 Å². The number of amides is 1. The Morgan fingerprint density at radius 2 is 1.77 bits per heavy atom. The number of para-hydroxylation sites is 1. The third-order valence-corrected chi connectivity index (χ3v) is 4.58. The molecule has 0 spiro atoms. The lowest BCUT2D eigenvalue weighted by atomic mass is 10.0. The molecule has 7 heteroatoms. The van der Waals surface area contributed by atoms with Gasteiger partial charge < -0.3 is 14.8 Å². The molecule has 1 atom stereocenters. The smallest absolute Gasteiger partial charge is 0.422 e. The van der Waals surface area contributed by atoms with Crippen LogP contribution in [0.2, 0.25) is 0 Å². The summed E-state index contributed by atoms with van der Waals surface area (Å²) in [5, 5.41) is 12.4. The molecule has 3 N–H and O–H groups in total. The zero-order valence-electron chi connectivity index (χ0n) is 17.4. The average Bonchev–Trinajstić information content (AvgIpc) is 3.08. The van der Waals surface area contributed by atoms with E-state index in [0.717, 1.165) is 22.0 Å². The third-order valence-electron chi connectivity index (χ3n) is 4.58. The van der Waals surface area contributed by atoms with Crippen molar-refractivity contribution in [1.82, 2.24) is 15.4 Å². The van der Waals surface area contributed by atoms with Crippen LogP contribution in [0.25, 0.3) is 10.9 Å². The van der Waals surface area contributed by atoms with Gasteiger partial charge in [0.15, 0.2) is 0 Å². The number of carbonyl (C=O) groups excluding carboxylic acids is 1.